The van der Waals surface area contributed by atoms with Gasteiger partial charge < -0.3 is 10.6 Å². The summed E-state index contributed by atoms with van der Waals surface area (Å²) in [6.45, 7) is 1.66. The summed E-state index contributed by atoms with van der Waals surface area (Å²) in [6, 6.07) is 14.5. The third-order valence-electron chi connectivity index (χ3n) is 5.29. The highest BCUT2D eigenvalue weighted by Crippen LogP contribution is 2.39. The Bertz CT molecular complexity index is 923. The number of fused-ring (bicyclic) bond motifs is 2. The molecule has 1 atom stereocenters. The molecule has 6 nitrogen and oxygen atoms in total. The zero-order valence-electron chi connectivity index (χ0n) is 15.1. The Labute approximate surface area is 157 Å². The SMILES string of the molecule is Cc1ccc(NC(=O)CN2C(=O)NC3(CCCc4ccccc43)C2=O)cc1. The first-order chi connectivity index (χ1) is 13.0. The van der Waals surface area contributed by atoms with Gasteiger partial charge >= 0.3 is 6.03 Å². The fourth-order valence-corrected chi connectivity index (χ4v) is 3.94. The topological polar surface area (TPSA) is 78.5 Å². The third-order valence-corrected chi connectivity index (χ3v) is 5.29. The summed E-state index contributed by atoms with van der Waals surface area (Å²) in [6.07, 6.45) is 2.24. The predicted molar refractivity (Wildman–Crippen MR) is 101 cm³/mol. The molecule has 4 rings (SSSR count). The molecule has 1 heterocycles. The van der Waals surface area contributed by atoms with Gasteiger partial charge in [-0.25, -0.2) is 4.79 Å². The molecule has 1 spiro atoms. The molecule has 6 heteroatoms. The lowest BCUT2D eigenvalue weighted by Crippen LogP contribution is -2.47. The second-order valence-corrected chi connectivity index (χ2v) is 7.15. The zero-order chi connectivity index (χ0) is 19.0. The Morgan fingerprint density at radius 3 is 2.67 bits per heavy atom. The maximum absolute atomic E-state index is 13.2. The Kier molecular flexibility index (Phi) is 4.18. The highest BCUT2D eigenvalue weighted by atomic mass is 16.2. The Balaban J connectivity index is 1.54. The van der Waals surface area contributed by atoms with E-state index in [0.717, 1.165) is 34.4 Å². The fourth-order valence-electron chi connectivity index (χ4n) is 3.94. The number of rotatable bonds is 3. The number of hydrogen-bond donors (Lipinski definition) is 2. The van der Waals surface area contributed by atoms with Crippen LogP contribution in [0.3, 0.4) is 0 Å². The maximum Gasteiger partial charge on any atom is 0.325 e. The van der Waals surface area contributed by atoms with Crippen molar-refractivity contribution in [1.29, 1.82) is 0 Å². The molecule has 1 saturated heterocycles. The number of carbonyl (C=O) groups is 3. The highest BCUT2D eigenvalue weighted by molar-refractivity contribution is 6.10. The van der Waals surface area contributed by atoms with Gasteiger partial charge in [0.15, 0.2) is 0 Å². The molecular weight excluding hydrogens is 342 g/mol. The van der Waals surface area contributed by atoms with E-state index in [4.69, 9.17) is 0 Å². The first-order valence-corrected chi connectivity index (χ1v) is 9.09. The molecule has 1 aliphatic heterocycles. The van der Waals surface area contributed by atoms with E-state index in [1.807, 2.05) is 43.3 Å². The Morgan fingerprint density at radius 1 is 1.15 bits per heavy atom. The zero-order valence-corrected chi connectivity index (χ0v) is 15.1. The van der Waals surface area contributed by atoms with Crippen molar-refractivity contribution >= 4 is 23.5 Å². The van der Waals surface area contributed by atoms with Gasteiger partial charge in [0.25, 0.3) is 5.91 Å². The molecule has 0 bridgehead atoms. The van der Waals surface area contributed by atoms with Gasteiger partial charge in [0.05, 0.1) is 0 Å². The van der Waals surface area contributed by atoms with E-state index >= 15 is 0 Å². The lowest BCUT2D eigenvalue weighted by molar-refractivity contribution is -0.134. The maximum atomic E-state index is 13.2. The summed E-state index contributed by atoms with van der Waals surface area (Å²) >= 11 is 0. The van der Waals surface area contributed by atoms with Gasteiger partial charge in [-0.15, -0.1) is 0 Å². The van der Waals surface area contributed by atoms with Crippen molar-refractivity contribution in [3.05, 3.63) is 65.2 Å². The van der Waals surface area contributed by atoms with Gasteiger partial charge in [0.1, 0.15) is 12.1 Å². The quantitative estimate of drug-likeness (QED) is 0.823. The van der Waals surface area contributed by atoms with Gasteiger partial charge in [-0.1, -0.05) is 42.0 Å². The standard InChI is InChI=1S/C21H21N3O3/c1-14-8-10-16(11-9-14)22-18(25)13-24-19(26)21(23-20(24)27)12-4-6-15-5-2-3-7-17(15)21/h2-3,5,7-11H,4,6,12-13H2,1H3,(H,22,25)(H,23,27). The summed E-state index contributed by atoms with van der Waals surface area (Å²) in [5.74, 6) is -0.748. The van der Waals surface area contributed by atoms with Crippen LogP contribution in [0.2, 0.25) is 0 Å². The van der Waals surface area contributed by atoms with E-state index in [1.54, 1.807) is 12.1 Å². The van der Waals surface area contributed by atoms with Crippen molar-refractivity contribution in [2.45, 2.75) is 31.7 Å². The predicted octanol–water partition coefficient (Wildman–Crippen LogP) is 2.72. The van der Waals surface area contributed by atoms with Crippen LogP contribution in [0.5, 0.6) is 0 Å². The molecule has 138 valence electrons. The minimum Gasteiger partial charge on any atom is -0.325 e. The van der Waals surface area contributed by atoms with E-state index in [9.17, 15) is 14.4 Å². The Morgan fingerprint density at radius 2 is 1.89 bits per heavy atom. The monoisotopic (exact) mass is 363 g/mol. The van der Waals surface area contributed by atoms with Crippen LogP contribution >= 0.6 is 0 Å². The number of hydrogen-bond acceptors (Lipinski definition) is 3. The summed E-state index contributed by atoms with van der Waals surface area (Å²) < 4.78 is 0. The molecular formula is C21H21N3O3. The van der Waals surface area contributed by atoms with E-state index in [-0.39, 0.29) is 12.5 Å². The smallest absolute Gasteiger partial charge is 0.325 e. The minimum absolute atomic E-state index is 0.303. The number of imide groups is 1. The molecule has 2 N–H and O–H groups in total. The number of carbonyl (C=O) groups excluding carboxylic acids is 3. The average molecular weight is 363 g/mol. The summed E-state index contributed by atoms with van der Waals surface area (Å²) in [5.41, 5.74) is 2.59. The van der Waals surface area contributed by atoms with Gasteiger partial charge in [-0.2, -0.15) is 0 Å². The largest absolute Gasteiger partial charge is 0.325 e. The number of nitrogens with one attached hydrogen (secondary N) is 2. The molecule has 1 aliphatic carbocycles. The number of amides is 4. The van der Waals surface area contributed by atoms with Crippen molar-refractivity contribution in [3.8, 4) is 0 Å². The van der Waals surface area contributed by atoms with E-state index in [2.05, 4.69) is 10.6 Å². The van der Waals surface area contributed by atoms with Crippen LogP contribution in [-0.4, -0.2) is 29.3 Å². The van der Waals surface area contributed by atoms with Crippen LogP contribution in [-0.2, 0) is 21.5 Å². The van der Waals surface area contributed by atoms with Crippen molar-refractivity contribution in [1.82, 2.24) is 10.2 Å². The molecule has 4 amide bonds. The molecule has 1 fully saturated rings. The number of nitrogens with zero attached hydrogens (tertiary/aromatic N) is 1. The molecule has 27 heavy (non-hydrogen) atoms. The highest BCUT2D eigenvalue weighted by Gasteiger charge is 2.54. The van der Waals surface area contributed by atoms with Crippen LogP contribution in [0.15, 0.2) is 48.5 Å². The molecule has 2 aliphatic rings. The first-order valence-electron chi connectivity index (χ1n) is 9.09. The van der Waals surface area contributed by atoms with Gasteiger partial charge in [0, 0.05) is 5.69 Å². The normalized spacial score (nSPS) is 21.1. The fraction of sp³-hybridized carbons (Fsp3) is 0.286. The van der Waals surface area contributed by atoms with Crippen molar-refractivity contribution in [2.24, 2.45) is 0 Å². The van der Waals surface area contributed by atoms with E-state index in [1.165, 1.54) is 0 Å². The Hall–Kier alpha value is -3.15. The van der Waals surface area contributed by atoms with Crippen LogP contribution in [0, 0.1) is 6.92 Å². The average Bonchev–Trinajstić information content (AvgIpc) is 2.89. The molecule has 2 aromatic rings. The summed E-state index contributed by atoms with van der Waals surface area (Å²) in [5, 5.41) is 5.59. The molecule has 0 aromatic heterocycles. The van der Waals surface area contributed by atoms with Crippen molar-refractivity contribution in [2.75, 3.05) is 11.9 Å². The third kappa shape index (κ3) is 2.97. The second kappa shape index (κ2) is 6.54. The van der Waals surface area contributed by atoms with Crippen LogP contribution in [0.4, 0.5) is 10.5 Å². The van der Waals surface area contributed by atoms with Crippen molar-refractivity contribution < 1.29 is 14.4 Å². The van der Waals surface area contributed by atoms with E-state index in [0.29, 0.717) is 12.1 Å². The number of anilines is 1. The van der Waals surface area contributed by atoms with Gasteiger partial charge in [0.2, 0.25) is 5.91 Å². The van der Waals surface area contributed by atoms with Gasteiger partial charge in [-0.05, 0) is 49.4 Å². The van der Waals surface area contributed by atoms with E-state index < -0.39 is 17.5 Å². The lowest BCUT2D eigenvalue weighted by atomic mass is 9.76. The number of benzene rings is 2. The molecule has 2 aromatic carbocycles. The van der Waals surface area contributed by atoms with Crippen LogP contribution < -0.4 is 10.6 Å². The first kappa shape index (κ1) is 17.3. The lowest BCUT2D eigenvalue weighted by Gasteiger charge is -2.33. The minimum atomic E-state index is -1.05. The summed E-state index contributed by atoms with van der Waals surface area (Å²) in [7, 11) is 0. The molecule has 0 radical (unpaired) electrons. The van der Waals surface area contributed by atoms with Crippen LogP contribution in [0.25, 0.3) is 0 Å². The van der Waals surface area contributed by atoms with Crippen molar-refractivity contribution in [3.63, 3.8) is 0 Å². The number of aryl methyl sites for hydroxylation is 2. The van der Waals surface area contributed by atoms with Gasteiger partial charge in [-0.3, -0.25) is 14.5 Å². The second-order valence-electron chi connectivity index (χ2n) is 7.15. The number of urea groups is 1. The summed E-state index contributed by atoms with van der Waals surface area (Å²) in [4.78, 5) is 39.1. The molecule has 0 saturated carbocycles. The van der Waals surface area contributed by atoms with Crippen LogP contribution in [0.1, 0.15) is 29.5 Å². The molecule has 1 unspecified atom stereocenters.